The van der Waals surface area contributed by atoms with Crippen LogP contribution in [0.5, 0.6) is 5.75 Å². The first kappa shape index (κ1) is 18.8. The molecule has 26 heavy (non-hydrogen) atoms. The molecule has 8 heteroatoms. The summed E-state index contributed by atoms with van der Waals surface area (Å²) in [7, 11) is 0. The lowest BCUT2D eigenvalue weighted by atomic mass is 10.2. The van der Waals surface area contributed by atoms with E-state index < -0.39 is 0 Å². The third-order valence-electron chi connectivity index (χ3n) is 3.43. The monoisotopic (exact) mass is 406 g/mol. The van der Waals surface area contributed by atoms with Crippen molar-refractivity contribution in [2.45, 2.75) is 11.7 Å². The van der Waals surface area contributed by atoms with Gasteiger partial charge in [0.05, 0.1) is 11.6 Å². The van der Waals surface area contributed by atoms with Gasteiger partial charge in [-0.15, -0.1) is 16.8 Å². The topological polar surface area (TPSA) is 52.8 Å². The number of rotatable bonds is 8. The standard InChI is InChI=1S/C18H16Cl2N4OS/c1-2-9-24-17(13-5-7-21-8-6-13)22-23-18(24)26-11-10-25-16-12-14(19)3-4-15(16)20/h2-8,12H,1,9-11H2. The third-order valence-corrected chi connectivity index (χ3v) is 4.91. The van der Waals surface area contributed by atoms with Crippen molar-refractivity contribution >= 4 is 35.0 Å². The first-order chi connectivity index (χ1) is 12.7. The van der Waals surface area contributed by atoms with E-state index in [4.69, 9.17) is 27.9 Å². The predicted octanol–water partition coefficient (Wildman–Crippen LogP) is 5.00. The molecule has 0 radical (unpaired) electrons. The number of halogens is 2. The Kier molecular flexibility index (Phi) is 6.55. The smallest absolute Gasteiger partial charge is 0.191 e. The summed E-state index contributed by atoms with van der Waals surface area (Å²) in [6.45, 7) is 4.90. The Morgan fingerprint density at radius 2 is 1.96 bits per heavy atom. The van der Waals surface area contributed by atoms with Crippen molar-refractivity contribution in [1.82, 2.24) is 19.7 Å². The maximum absolute atomic E-state index is 6.10. The Balaban J connectivity index is 1.65. The SMILES string of the molecule is C=CCn1c(SCCOc2cc(Cl)ccc2Cl)nnc1-c1ccncc1. The van der Waals surface area contributed by atoms with Gasteiger partial charge in [0.25, 0.3) is 0 Å². The van der Waals surface area contributed by atoms with Crippen LogP contribution in [-0.4, -0.2) is 32.1 Å². The van der Waals surface area contributed by atoms with Gasteiger partial charge in [-0.2, -0.15) is 0 Å². The Morgan fingerprint density at radius 3 is 2.73 bits per heavy atom. The highest BCUT2D eigenvalue weighted by atomic mass is 35.5. The molecule has 3 rings (SSSR count). The van der Waals surface area contributed by atoms with Crippen LogP contribution >= 0.6 is 35.0 Å². The highest BCUT2D eigenvalue weighted by Crippen LogP contribution is 2.28. The van der Waals surface area contributed by atoms with Crippen molar-refractivity contribution in [3.8, 4) is 17.1 Å². The van der Waals surface area contributed by atoms with Crippen molar-refractivity contribution in [3.05, 3.63) is 65.4 Å². The molecular formula is C18H16Cl2N4OS. The van der Waals surface area contributed by atoms with Crippen LogP contribution in [0.4, 0.5) is 0 Å². The molecule has 3 aromatic rings. The maximum Gasteiger partial charge on any atom is 0.191 e. The number of nitrogens with zero attached hydrogens (tertiary/aromatic N) is 4. The van der Waals surface area contributed by atoms with Crippen LogP contribution in [-0.2, 0) is 6.54 Å². The fraction of sp³-hybridized carbons (Fsp3) is 0.167. The number of hydrogen-bond acceptors (Lipinski definition) is 5. The highest BCUT2D eigenvalue weighted by Gasteiger charge is 2.13. The first-order valence-electron chi connectivity index (χ1n) is 7.84. The minimum absolute atomic E-state index is 0.469. The Morgan fingerprint density at radius 1 is 1.15 bits per heavy atom. The number of aromatic nitrogens is 4. The van der Waals surface area contributed by atoms with E-state index in [1.807, 2.05) is 22.8 Å². The number of benzene rings is 1. The van der Waals surface area contributed by atoms with Gasteiger partial charge in [0, 0.05) is 41.3 Å². The molecule has 1 aromatic carbocycles. The fourth-order valence-electron chi connectivity index (χ4n) is 2.28. The molecule has 134 valence electrons. The second-order valence-corrected chi connectivity index (χ2v) is 7.12. The van der Waals surface area contributed by atoms with Crippen LogP contribution in [0.2, 0.25) is 10.0 Å². The van der Waals surface area contributed by atoms with E-state index >= 15 is 0 Å². The molecule has 0 N–H and O–H groups in total. The minimum Gasteiger partial charge on any atom is -0.491 e. The van der Waals surface area contributed by atoms with E-state index in [1.54, 1.807) is 42.4 Å². The zero-order valence-corrected chi connectivity index (χ0v) is 16.1. The summed E-state index contributed by atoms with van der Waals surface area (Å²) in [6.07, 6.45) is 5.29. The average Bonchev–Trinajstić information content (AvgIpc) is 3.05. The molecule has 0 saturated carbocycles. The maximum atomic E-state index is 6.10. The van der Waals surface area contributed by atoms with Crippen LogP contribution in [0, 0.1) is 0 Å². The van der Waals surface area contributed by atoms with Gasteiger partial charge in [-0.1, -0.05) is 41.0 Å². The molecule has 0 spiro atoms. The van der Waals surface area contributed by atoms with Gasteiger partial charge in [0.15, 0.2) is 11.0 Å². The van der Waals surface area contributed by atoms with E-state index in [2.05, 4.69) is 21.8 Å². The summed E-state index contributed by atoms with van der Waals surface area (Å²) in [6, 6.07) is 8.96. The summed E-state index contributed by atoms with van der Waals surface area (Å²) in [5.74, 6) is 2.05. The second-order valence-electron chi connectivity index (χ2n) is 5.21. The second kappa shape index (κ2) is 9.07. The number of hydrogen-bond donors (Lipinski definition) is 0. The highest BCUT2D eigenvalue weighted by molar-refractivity contribution is 7.99. The van der Waals surface area contributed by atoms with Gasteiger partial charge in [-0.25, -0.2) is 0 Å². The normalized spacial score (nSPS) is 10.7. The Hall–Kier alpha value is -2.02. The first-order valence-corrected chi connectivity index (χ1v) is 9.58. The molecule has 0 aliphatic rings. The molecule has 5 nitrogen and oxygen atoms in total. The van der Waals surface area contributed by atoms with Crippen molar-refractivity contribution < 1.29 is 4.74 Å². The zero-order chi connectivity index (χ0) is 18.4. The van der Waals surface area contributed by atoms with Crippen LogP contribution < -0.4 is 4.74 Å². The van der Waals surface area contributed by atoms with E-state index in [0.29, 0.717) is 34.7 Å². The molecule has 2 heterocycles. The number of thioether (sulfide) groups is 1. The van der Waals surface area contributed by atoms with Gasteiger partial charge in [0.2, 0.25) is 0 Å². The molecular weight excluding hydrogens is 391 g/mol. The minimum atomic E-state index is 0.469. The molecule has 2 aromatic heterocycles. The number of ether oxygens (including phenoxy) is 1. The van der Waals surface area contributed by atoms with Gasteiger partial charge in [-0.05, 0) is 24.3 Å². The Bertz CT molecular complexity index is 886. The fourth-order valence-corrected chi connectivity index (χ4v) is 3.37. The predicted molar refractivity (Wildman–Crippen MR) is 106 cm³/mol. The lowest BCUT2D eigenvalue weighted by Gasteiger charge is -2.09. The molecule has 0 atom stereocenters. The van der Waals surface area contributed by atoms with Gasteiger partial charge < -0.3 is 4.74 Å². The largest absolute Gasteiger partial charge is 0.491 e. The number of allylic oxidation sites excluding steroid dienone is 1. The van der Waals surface area contributed by atoms with Gasteiger partial charge in [-0.3, -0.25) is 9.55 Å². The average molecular weight is 407 g/mol. The lowest BCUT2D eigenvalue weighted by Crippen LogP contribution is -2.04. The zero-order valence-electron chi connectivity index (χ0n) is 13.8. The summed E-state index contributed by atoms with van der Waals surface area (Å²) in [5, 5.41) is 10.5. The molecule has 0 fully saturated rings. The van der Waals surface area contributed by atoms with Gasteiger partial charge in [0.1, 0.15) is 5.75 Å². The van der Waals surface area contributed by atoms with Crippen LogP contribution in [0.25, 0.3) is 11.4 Å². The molecule has 0 amide bonds. The number of pyridine rings is 1. The van der Waals surface area contributed by atoms with Crippen LogP contribution in [0.1, 0.15) is 0 Å². The van der Waals surface area contributed by atoms with E-state index in [9.17, 15) is 0 Å². The Labute approximate surface area is 166 Å². The summed E-state index contributed by atoms with van der Waals surface area (Å²) in [4.78, 5) is 4.04. The molecule has 0 saturated heterocycles. The summed E-state index contributed by atoms with van der Waals surface area (Å²) in [5.41, 5.74) is 0.961. The van der Waals surface area contributed by atoms with Crippen molar-refractivity contribution in [1.29, 1.82) is 0 Å². The van der Waals surface area contributed by atoms with E-state index in [0.717, 1.165) is 16.5 Å². The lowest BCUT2D eigenvalue weighted by molar-refractivity contribution is 0.344. The van der Waals surface area contributed by atoms with Crippen molar-refractivity contribution in [2.24, 2.45) is 0 Å². The summed E-state index contributed by atoms with van der Waals surface area (Å²) < 4.78 is 7.72. The molecule has 0 bridgehead atoms. The van der Waals surface area contributed by atoms with E-state index in [1.165, 1.54) is 0 Å². The van der Waals surface area contributed by atoms with Gasteiger partial charge >= 0.3 is 0 Å². The van der Waals surface area contributed by atoms with E-state index in [-0.39, 0.29) is 0 Å². The van der Waals surface area contributed by atoms with Crippen molar-refractivity contribution in [3.63, 3.8) is 0 Å². The molecule has 0 aliphatic carbocycles. The molecule has 0 aliphatic heterocycles. The van der Waals surface area contributed by atoms with Crippen LogP contribution in [0.3, 0.4) is 0 Å². The summed E-state index contributed by atoms with van der Waals surface area (Å²) >= 11 is 13.6. The van der Waals surface area contributed by atoms with Crippen LogP contribution in [0.15, 0.2) is 60.5 Å². The molecule has 0 unspecified atom stereocenters. The third kappa shape index (κ3) is 4.58. The quantitative estimate of drug-likeness (QED) is 0.299. The van der Waals surface area contributed by atoms with Crippen molar-refractivity contribution in [2.75, 3.05) is 12.4 Å².